The van der Waals surface area contributed by atoms with Crippen molar-refractivity contribution in [3.63, 3.8) is 0 Å². The molecule has 0 unspecified atom stereocenters. The zero-order valence-electron chi connectivity index (χ0n) is 22.6. The van der Waals surface area contributed by atoms with Crippen molar-refractivity contribution in [1.82, 2.24) is 10.2 Å². The lowest BCUT2D eigenvalue weighted by molar-refractivity contribution is 0.0662. The molecule has 2 fully saturated rings. The second kappa shape index (κ2) is 10.5. The van der Waals surface area contributed by atoms with Gasteiger partial charge in [-0.1, -0.05) is 58.4 Å². The van der Waals surface area contributed by atoms with Gasteiger partial charge in [-0.2, -0.15) is 0 Å². The summed E-state index contributed by atoms with van der Waals surface area (Å²) in [5, 5.41) is 3.66. The Morgan fingerprint density at radius 3 is 2.15 bits per heavy atom. The Bertz CT molecular complexity index is 1430. The number of ether oxygens (including phenoxy) is 1. The van der Waals surface area contributed by atoms with Crippen molar-refractivity contribution in [3.05, 3.63) is 99.5 Å². The van der Waals surface area contributed by atoms with Crippen LogP contribution < -0.4 is 10.2 Å². The van der Waals surface area contributed by atoms with Gasteiger partial charge < -0.3 is 10.1 Å². The molecule has 1 aliphatic carbocycles. The summed E-state index contributed by atoms with van der Waals surface area (Å²) in [7, 11) is 0. The van der Waals surface area contributed by atoms with E-state index in [1.54, 1.807) is 24.3 Å². The van der Waals surface area contributed by atoms with E-state index in [2.05, 4.69) is 33.4 Å². The zero-order chi connectivity index (χ0) is 28.0. The van der Waals surface area contributed by atoms with Crippen LogP contribution in [-0.2, 0) is 11.3 Å². The highest BCUT2D eigenvalue weighted by atomic mass is 79.9. The van der Waals surface area contributed by atoms with Gasteiger partial charge in [0.2, 0.25) is 0 Å². The molecular formula is C32H32BrN3O4. The number of amides is 3. The van der Waals surface area contributed by atoms with Gasteiger partial charge in [0.25, 0.3) is 11.8 Å². The van der Waals surface area contributed by atoms with Crippen LogP contribution in [0.3, 0.4) is 0 Å². The molecule has 1 saturated carbocycles. The lowest BCUT2D eigenvalue weighted by Gasteiger charge is -2.38. The van der Waals surface area contributed by atoms with Gasteiger partial charge in [0.05, 0.1) is 22.9 Å². The average molecular weight is 603 g/mol. The Kier molecular flexibility index (Phi) is 7.00. The summed E-state index contributed by atoms with van der Waals surface area (Å²) in [5.41, 5.74) is 2.83. The van der Waals surface area contributed by atoms with Crippen LogP contribution in [0.5, 0.6) is 0 Å². The van der Waals surface area contributed by atoms with Gasteiger partial charge in [-0.3, -0.25) is 14.5 Å². The molecule has 206 valence electrons. The predicted octanol–water partition coefficient (Wildman–Crippen LogP) is 6.62. The van der Waals surface area contributed by atoms with E-state index < -0.39 is 5.60 Å². The third-order valence-electron chi connectivity index (χ3n) is 8.36. The van der Waals surface area contributed by atoms with Crippen LogP contribution in [0.2, 0.25) is 0 Å². The van der Waals surface area contributed by atoms with Crippen molar-refractivity contribution in [2.24, 2.45) is 0 Å². The summed E-state index contributed by atoms with van der Waals surface area (Å²) in [6.07, 6.45) is 3.32. The fourth-order valence-corrected chi connectivity index (χ4v) is 6.87. The van der Waals surface area contributed by atoms with Crippen molar-refractivity contribution in [2.75, 3.05) is 4.90 Å². The van der Waals surface area contributed by atoms with Crippen LogP contribution in [-0.4, -0.2) is 40.5 Å². The molecule has 3 aromatic carbocycles. The van der Waals surface area contributed by atoms with Gasteiger partial charge in [0.1, 0.15) is 5.60 Å². The second-order valence-electron chi connectivity index (χ2n) is 11.3. The van der Waals surface area contributed by atoms with E-state index in [4.69, 9.17) is 4.74 Å². The Hall–Kier alpha value is -3.49. The third-order valence-corrected chi connectivity index (χ3v) is 8.85. The van der Waals surface area contributed by atoms with Gasteiger partial charge >= 0.3 is 6.09 Å². The second-order valence-corrected chi connectivity index (χ2v) is 12.3. The highest BCUT2D eigenvalue weighted by Gasteiger charge is 2.51. The molecule has 1 atom stereocenters. The minimum Gasteiger partial charge on any atom is -0.441 e. The monoisotopic (exact) mass is 601 g/mol. The lowest BCUT2D eigenvalue weighted by Crippen LogP contribution is -2.45. The van der Waals surface area contributed by atoms with Crippen LogP contribution in [0.1, 0.15) is 77.4 Å². The number of rotatable bonds is 6. The first-order chi connectivity index (χ1) is 19.2. The number of imide groups is 1. The van der Waals surface area contributed by atoms with Crippen molar-refractivity contribution in [1.29, 1.82) is 0 Å². The number of fused-ring (bicyclic) bond motifs is 1. The molecule has 3 aliphatic rings. The van der Waals surface area contributed by atoms with Crippen LogP contribution in [0.4, 0.5) is 10.5 Å². The number of benzene rings is 3. The largest absolute Gasteiger partial charge is 0.441 e. The van der Waals surface area contributed by atoms with E-state index in [1.807, 2.05) is 55.1 Å². The summed E-state index contributed by atoms with van der Waals surface area (Å²) >= 11 is 3.55. The van der Waals surface area contributed by atoms with Gasteiger partial charge in [-0.05, 0) is 81.0 Å². The van der Waals surface area contributed by atoms with E-state index >= 15 is 0 Å². The maximum atomic E-state index is 13.1. The van der Waals surface area contributed by atoms with Crippen LogP contribution in [0.25, 0.3) is 0 Å². The van der Waals surface area contributed by atoms with Gasteiger partial charge in [0, 0.05) is 23.1 Å². The van der Waals surface area contributed by atoms with Crippen molar-refractivity contribution in [3.8, 4) is 0 Å². The van der Waals surface area contributed by atoms with Gasteiger partial charge in [-0.15, -0.1) is 0 Å². The van der Waals surface area contributed by atoms with E-state index in [0.717, 1.165) is 41.3 Å². The van der Waals surface area contributed by atoms with E-state index in [9.17, 15) is 14.4 Å². The number of hydrogen-bond donors (Lipinski definition) is 1. The Labute approximate surface area is 242 Å². The summed E-state index contributed by atoms with van der Waals surface area (Å²) in [6.45, 7) is 4.49. The number of carbonyl (C=O) groups excluding carboxylic acids is 3. The molecule has 1 saturated heterocycles. The fourth-order valence-electron chi connectivity index (χ4n) is 6.47. The number of carbonyl (C=O) groups is 3. The van der Waals surface area contributed by atoms with Crippen molar-refractivity contribution in [2.45, 2.75) is 69.8 Å². The zero-order valence-corrected chi connectivity index (χ0v) is 24.2. The molecule has 3 amide bonds. The quantitative estimate of drug-likeness (QED) is 0.321. The molecule has 0 spiro atoms. The fraction of sp³-hybridized carbons (Fsp3) is 0.344. The SMILES string of the molecule is CC1(C)OC(=O)N(C2CCC(NCc3cc(Br)ccc3N3C(=O)c4ccccc4C3=O)CC2)[C@H]1c1ccccc1. The smallest absolute Gasteiger partial charge is 0.411 e. The highest BCUT2D eigenvalue weighted by Crippen LogP contribution is 2.44. The van der Waals surface area contributed by atoms with Gasteiger partial charge in [0.15, 0.2) is 0 Å². The summed E-state index contributed by atoms with van der Waals surface area (Å²) < 4.78 is 6.72. The standard InChI is InChI=1S/C32H32BrN3O4/c1-32(2)28(20-8-4-3-5-9-20)35(31(39)40-32)24-15-13-23(14-16-24)34-19-21-18-22(33)12-17-27(21)36-29(37)25-10-6-7-11-26(25)30(36)38/h3-12,17-18,23-24,28,34H,13-16,19H2,1-2H3/t23?,24?,28-/m0/s1. The number of cyclic esters (lactones) is 1. The first kappa shape index (κ1) is 26.7. The predicted molar refractivity (Wildman–Crippen MR) is 156 cm³/mol. The Balaban J connectivity index is 1.14. The Morgan fingerprint density at radius 2 is 1.50 bits per heavy atom. The minimum atomic E-state index is -0.602. The number of nitrogens with zero attached hydrogens (tertiary/aromatic N) is 2. The normalized spacial score (nSPS) is 23.9. The number of anilines is 1. The van der Waals surface area contributed by atoms with E-state index in [1.165, 1.54) is 4.90 Å². The van der Waals surface area contributed by atoms with Gasteiger partial charge in [-0.25, -0.2) is 9.69 Å². The molecule has 2 heterocycles. The van der Waals surface area contributed by atoms with Crippen LogP contribution >= 0.6 is 15.9 Å². The molecule has 7 nitrogen and oxygen atoms in total. The lowest BCUT2D eigenvalue weighted by atomic mass is 9.86. The summed E-state index contributed by atoms with van der Waals surface area (Å²) in [6, 6.07) is 23.0. The molecule has 0 aromatic heterocycles. The molecule has 6 rings (SSSR count). The maximum Gasteiger partial charge on any atom is 0.411 e. The first-order valence-corrected chi connectivity index (χ1v) is 14.6. The molecular weight excluding hydrogens is 570 g/mol. The molecule has 40 heavy (non-hydrogen) atoms. The van der Waals surface area contributed by atoms with Crippen LogP contribution in [0, 0.1) is 0 Å². The number of nitrogens with one attached hydrogen (secondary N) is 1. The molecule has 0 radical (unpaired) electrons. The first-order valence-electron chi connectivity index (χ1n) is 13.8. The van der Waals surface area contributed by atoms with Crippen molar-refractivity contribution < 1.29 is 19.1 Å². The third kappa shape index (κ3) is 4.73. The summed E-state index contributed by atoms with van der Waals surface area (Å²) in [4.78, 5) is 42.6. The molecule has 3 aromatic rings. The topological polar surface area (TPSA) is 79.0 Å². The van der Waals surface area contributed by atoms with Crippen molar-refractivity contribution >= 4 is 39.5 Å². The summed E-state index contributed by atoms with van der Waals surface area (Å²) in [5.74, 6) is -0.587. The molecule has 2 aliphatic heterocycles. The molecule has 8 heteroatoms. The van der Waals surface area contributed by atoms with E-state index in [0.29, 0.717) is 23.4 Å². The van der Waals surface area contributed by atoms with Crippen LogP contribution in [0.15, 0.2) is 77.3 Å². The Morgan fingerprint density at radius 1 is 0.875 bits per heavy atom. The highest BCUT2D eigenvalue weighted by molar-refractivity contribution is 9.10. The molecule has 1 N–H and O–H groups in total. The minimum absolute atomic E-state index is 0.109. The molecule has 0 bridgehead atoms. The average Bonchev–Trinajstić information content (AvgIpc) is 3.35. The van der Waals surface area contributed by atoms with E-state index in [-0.39, 0.29) is 36.0 Å². The maximum absolute atomic E-state index is 13.1. The number of hydrogen-bond acceptors (Lipinski definition) is 5. The number of halogens is 1.